The molecule has 0 aromatic carbocycles. The third kappa shape index (κ3) is 9.15. The number of aliphatic carboxylic acids is 1. The van der Waals surface area contributed by atoms with Crippen LogP contribution < -0.4 is 27.4 Å². The van der Waals surface area contributed by atoms with Crippen molar-refractivity contribution >= 4 is 29.6 Å². The van der Waals surface area contributed by atoms with Crippen LogP contribution in [0.3, 0.4) is 0 Å². The summed E-state index contributed by atoms with van der Waals surface area (Å²) >= 11 is 0. The van der Waals surface area contributed by atoms with Gasteiger partial charge in [-0.15, -0.1) is 0 Å². The number of carbonyl (C=O) groups excluding carboxylic acids is 4. The number of nitrogens with zero attached hydrogens (tertiary/aromatic N) is 1. The standard InChI is InChI=1S/C20H33N7O7/c1-3-10(2)16(22)19(32)26-13(6-11-7-23-9-24-11)18(31)25-12(4-5-15(21)29)17(30)27-14(8-28)20(33)34/h7,9-10,12-14,16,28H,3-6,8,22H2,1-2H3,(H2,21,29)(H,23,24)(H,25,31)(H,26,32)(H,27,30)(H,33,34). The number of carboxylic acids is 1. The topological polar surface area (TPSA) is 243 Å². The molecule has 1 aromatic heterocycles. The van der Waals surface area contributed by atoms with Crippen LogP contribution in [0.4, 0.5) is 0 Å². The number of hydrogen-bond acceptors (Lipinski definition) is 8. The van der Waals surface area contributed by atoms with Crippen molar-refractivity contribution in [2.45, 2.75) is 63.7 Å². The molecule has 34 heavy (non-hydrogen) atoms. The van der Waals surface area contributed by atoms with Crippen molar-refractivity contribution in [1.82, 2.24) is 25.9 Å². The van der Waals surface area contributed by atoms with Crippen molar-refractivity contribution in [2.24, 2.45) is 17.4 Å². The van der Waals surface area contributed by atoms with E-state index in [0.717, 1.165) is 0 Å². The molecular weight excluding hydrogens is 450 g/mol. The number of carboxylic acid groups (broad SMARTS) is 1. The lowest BCUT2D eigenvalue weighted by Gasteiger charge is -2.25. The number of imidazole rings is 1. The van der Waals surface area contributed by atoms with Gasteiger partial charge in [0.15, 0.2) is 0 Å². The first-order valence-electron chi connectivity index (χ1n) is 10.8. The normalized spacial score (nSPS) is 15.3. The second kappa shape index (κ2) is 13.9. The van der Waals surface area contributed by atoms with Crippen molar-refractivity contribution < 1.29 is 34.2 Å². The van der Waals surface area contributed by atoms with Crippen LogP contribution in [0.2, 0.25) is 0 Å². The number of aromatic amines is 1. The van der Waals surface area contributed by atoms with Gasteiger partial charge >= 0.3 is 5.97 Å². The Bertz CT molecular complexity index is 846. The number of aromatic nitrogens is 2. The Morgan fingerprint density at radius 2 is 1.65 bits per heavy atom. The summed E-state index contributed by atoms with van der Waals surface area (Å²) in [5.74, 6) is -4.68. The van der Waals surface area contributed by atoms with E-state index in [1.165, 1.54) is 12.5 Å². The third-order valence-electron chi connectivity index (χ3n) is 5.28. The fourth-order valence-electron chi connectivity index (χ4n) is 2.89. The first-order valence-corrected chi connectivity index (χ1v) is 10.8. The molecule has 0 saturated carbocycles. The molecule has 1 aromatic rings. The Hall–Kier alpha value is -3.52. The van der Waals surface area contributed by atoms with Crippen molar-refractivity contribution in [3.8, 4) is 0 Å². The van der Waals surface area contributed by atoms with Gasteiger partial charge < -0.3 is 42.6 Å². The molecule has 4 amide bonds. The molecule has 0 spiro atoms. The maximum absolute atomic E-state index is 13.1. The Kier molecular flexibility index (Phi) is 11.7. The molecule has 14 heteroatoms. The van der Waals surface area contributed by atoms with Crippen molar-refractivity contribution in [2.75, 3.05) is 6.61 Å². The van der Waals surface area contributed by atoms with Gasteiger partial charge in [0, 0.05) is 24.7 Å². The van der Waals surface area contributed by atoms with Crippen LogP contribution in [0, 0.1) is 5.92 Å². The van der Waals surface area contributed by atoms with Crippen molar-refractivity contribution in [3.05, 3.63) is 18.2 Å². The summed E-state index contributed by atoms with van der Waals surface area (Å²) in [5.41, 5.74) is 11.6. The van der Waals surface area contributed by atoms with Crippen LogP contribution in [0.1, 0.15) is 38.8 Å². The summed E-state index contributed by atoms with van der Waals surface area (Å²) in [6.45, 7) is 2.77. The summed E-state index contributed by atoms with van der Waals surface area (Å²) in [6.07, 6.45) is 2.95. The molecule has 0 aliphatic rings. The number of primary amides is 1. The maximum atomic E-state index is 13.1. The van der Waals surface area contributed by atoms with E-state index in [-0.39, 0.29) is 25.2 Å². The lowest BCUT2D eigenvalue weighted by Crippen LogP contribution is -2.58. The summed E-state index contributed by atoms with van der Waals surface area (Å²) < 4.78 is 0. The molecule has 1 rings (SSSR count). The fourth-order valence-corrected chi connectivity index (χ4v) is 2.89. The largest absolute Gasteiger partial charge is 0.480 e. The van der Waals surface area contributed by atoms with E-state index in [1.807, 2.05) is 6.92 Å². The Morgan fingerprint density at radius 3 is 2.15 bits per heavy atom. The minimum Gasteiger partial charge on any atom is -0.480 e. The fraction of sp³-hybridized carbons (Fsp3) is 0.600. The molecule has 0 aliphatic carbocycles. The van der Waals surface area contributed by atoms with Gasteiger partial charge in [-0.3, -0.25) is 19.2 Å². The minimum absolute atomic E-state index is 0.0106. The molecule has 0 aliphatic heterocycles. The van der Waals surface area contributed by atoms with E-state index in [1.54, 1.807) is 6.92 Å². The number of carbonyl (C=O) groups is 5. The lowest BCUT2D eigenvalue weighted by molar-refractivity contribution is -0.143. The summed E-state index contributed by atoms with van der Waals surface area (Å²) in [6, 6.07) is -5.02. The molecule has 0 saturated heterocycles. The molecule has 5 unspecified atom stereocenters. The number of aliphatic hydroxyl groups is 1. The van der Waals surface area contributed by atoms with Crippen molar-refractivity contribution in [3.63, 3.8) is 0 Å². The molecule has 0 bridgehead atoms. The van der Waals surface area contributed by atoms with Crippen LogP contribution in [-0.2, 0) is 30.4 Å². The maximum Gasteiger partial charge on any atom is 0.328 e. The summed E-state index contributed by atoms with van der Waals surface area (Å²) in [5, 5.41) is 25.3. The Morgan fingerprint density at radius 1 is 1.06 bits per heavy atom. The van der Waals surface area contributed by atoms with Gasteiger partial charge in [-0.1, -0.05) is 20.3 Å². The highest BCUT2D eigenvalue weighted by Crippen LogP contribution is 2.08. The van der Waals surface area contributed by atoms with E-state index < -0.39 is 60.4 Å². The number of aliphatic hydroxyl groups excluding tert-OH is 1. The number of nitrogens with one attached hydrogen (secondary N) is 4. The van der Waals surface area contributed by atoms with Crippen LogP contribution in [-0.4, -0.2) is 80.6 Å². The van der Waals surface area contributed by atoms with Crippen LogP contribution in [0.15, 0.2) is 12.5 Å². The van der Waals surface area contributed by atoms with Crippen molar-refractivity contribution in [1.29, 1.82) is 0 Å². The monoisotopic (exact) mass is 483 g/mol. The number of rotatable bonds is 15. The van der Waals surface area contributed by atoms with Gasteiger partial charge in [0.1, 0.15) is 18.1 Å². The van der Waals surface area contributed by atoms with Gasteiger partial charge in [0.2, 0.25) is 23.6 Å². The second-order valence-electron chi connectivity index (χ2n) is 7.90. The van der Waals surface area contributed by atoms with Gasteiger partial charge in [-0.25, -0.2) is 9.78 Å². The predicted molar refractivity (Wildman–Crippen MR) is 119 cm³/mol. The van der Waals surface area contributed by atoms with Crippen LogP contribution in [0.25, 0.3) is 0 Å². The van der Waals surface area contributed by atoms with Crippen LogP contribution >= 0.6 is 0 Å². The zero-order valence-electron chi connectivity index (χ0n) is 19.1. The van der Waals surface area contributed by atoms with Crippen LogP contribution in [0.5, 0.6) is 0 Å². The Balaban J connectivity index is 3.06. The van der Waals surface area contributed by atoms with E-state index in [2.05, 4.69) is 25.9 Å². The smallest absolute Gasteiger partial charge is 0.328 e. The number of nitrogens with two attached hydrogens (primary N) is 2. The van der Waals surface area contributed by atoms with Gasteiger partial charge in [-0.05, 0) is 12.3 Å². The molecule has 1 heterocycles. The third-order valence-corrected chi connectivity index (χ3v) is 5.28. The summed E-state index contributed by atoms with van der Waals surface area (Å²) in [4.78, 5) is 67.3. The SMILES string of the molecule is CCC(C)C(N)C(=O)NC(Cc1cnc[nH]1)C(=O)NC(CCC(N)=O)C(=O)NC(CO)C(=O)O. The molecule has 5 atom stereocenters. The number of H-pyrrole nitrogens is 1. The second-order valence-corrected chi connectivity index (χ2v) is 7.90. The highest BCUT2D eigenvalue weighted by molar-refractivity contribution is 5.94. The molecule has 190 valence electrons. The molecule has 14 nitrogen and oxygen atoms in total. The quantitative estimate of drug-likeness (QED) is 0.127. The predicted octanol–water partition coefficient (Wildman–Crippen LogP) is -2.88. The zero-order valence-corrected chi connectivity index (χ0v) is 19.1. The van der Waals surface area contributed by atoms with Gasteiger partial charge in [0.25, 0.3) is 0 Å². The highest BCUT2D eigenvalue weighted by Gasteiger charge is 2.31. The number of hydrogen-bond donors (Lipinski definition) is 8. The molecule has 0 fully saturated rings. The molecular formula is C20H33N7O7. The zero-order chi connectivity index (χ0) is 25.8. The molecule has 0 radical (unpaired) electrons. The van der Waals surface area contributed by atoms with E-state index in [9.17, 15) is 24.0 Å². The summed E-state index contributed by atoms with van der Waals surface area (Å²) in [7, 11) is 0. The number of amides is 4. The first-order chi connectivity index (χ1) is 16.0. The lowest BCUT2D eigenvalue weighted by atomic mass is 9.98. The van der Waals surface area contributed by atoms with Gasteiger partial charge in [0.05, 0.1) is 19.0 Å². The highest BCUT2D eigenvalue weighted by atomic mass is 16.4. The average molecular weight is 484 g/mol. The average Bonchev–Trinajstić information content (AvgIpc) is 3.30. The van der Waals surface area contributed by atoms with Gasteiger partial charge in [-0.2, -0.15) is 0 Å². The minimum atomic E-state index is -1.62. The van der Waals surface area contributed by atoms with E-state index in [0.29, 0.717) is 12.1 Å². The van der Waals surface area contributed by atoms with E-state index in [4.69, 9.17) is 21.7 Å². The Labute approximate surface area is 196 Å². The van der Waals surface area contributed by atoms with E-state index >= 15 is 0 Å². The first kappa shape index (κ1) is 28.5. The molecule has 10 N–H and O–H groups in total.